The number of rotatable bonds is 5. The maximum atomic E-state index is 12.1. The smallest absolute Gasteiger partial charge is 0.239 e. The number of nitrogens with zero attached hydrogens (tertiary/aromatic N) is 2. The van der Waals surface area contributed by atoms with E-state index in [1.54, 1.807) is 7.05 Å². The summed E-state index contributed by atoms with van der Waals surface area (Å²) in [6.07, 6.45) is 5.89. The molecule has 25 heavy (non-hydrogen) atoms. The Balaban J connectivity index is 0.00000312. The van der Waals surface area contributed by atoms with Gasteiger partial charge in [-0.05, 0) is 30.5 Å². The molecule has 1 saturated carbocycles. The lowest BCUT2D eigenvalue weighted by atomic mass is 9.95. The largest absolute Gasteiger partial charge is 0.352 e. The molecule has 0 bridgehead atoms. The molecule has 1 amide bonds. The first-order chi connectivity index (χ1) is 11.6. The third-order valence-electron chi connectivity index (χ3n) is 4.26. The van der Waals surface area contributed by atoms with Crippen LogP contribution in [0.1, 0.15) is 37.7 Å². The number of carbonyl (C=O) groups is 1. The summed E-state index contributed by atoms with van der Waals surface area (Å²) < 4.78 is 0. The molecule has 5 nitrogen and oxygen atoms in total. The molecule has 140 valence electrons. The molecule has 7 heteroatoms. The van der Waals surface area contributed by atoms with Gasteiger partial charge in [-0.1, -0.05) is 43.0 Å². The van der Waals surface area contributed by atoms with E-state index in [0.29, 0.717) is 18.5 Å². The van der Waals surface area contributed by atoms with E-state index in [2.05, 4.69) is 15.6 Å². The van der Waals surface area contributed by atoms with Crippen LogP contribution in [-0.2, 0) is 11.3 Å². The number of aliphatic imine (C=N–C) groups is 1. The number of amides is 1. The molecule has 1 aromatic carbocycles. The molecule has 0 unspecified atom stereocenters. The summed E-state index contributed by atoms with van der Waals surface area (Å²) in [5, 5.41) is 6.94. The van der Waals surface area contributed by atoms with Gasteiger partial charge in [-0.2, -0.15) is 0 Å². The zero-order valence-electron chi connectivity index (χ0n) is 14.9. The lowest BCUT2D eigenvalue weighted by molar-refractivity contribution is -0.120. The summed E-state index contributed by atoms with van der Waals surface area (Å²) in [6.45, 7) is 0.910. The fraction of sp³-hybridized carbons (Fsp3) is 0.556. The molecule has 1 aromatic rings. The second-order valence-corrected chi connectivity index (χ2v) is 6.73. The van der Waals surface area contributed by atoms with E-state index in [1.165, 1.54) is 19.3 Å². The van der Waals surface area contributed by atoms with E-state index in [-0.39, 0.29) is 36.4 Å². The van der Waals surface area contributed by atoms with Crippen LogP contribution in [0.5, 0.6) is 0 Å². The Morgan fingerprint density at radius 1 is 1.32 bits per heavy atom. The summed E-state index contributed by atoms with van der Waals surface area (Å²) in [5.74, 6) is 0.716. The van der Waals surface area contributed by atoms with Crippen LogP contribution in [0, 0.1) is 0 Å². The van der Waals surface area contributed by atoms with Crippen molar-refractivity contribution in [2.24, 2.45) is 4.99 Å². The van der Waals surface area contributed by atoms with Gasteiger partial charge in [0.2, 0.25) is 5.91 Å². The van der Waals surface area contributed by atoms with E-state index >= 15 is 0 Å². The topological polar surface area (TPSA) is 56.7 Å². The summed E-state index contributed by atoms with van der Waals surface area (Å²) in [5.41, 5.74) is 1.10. The molecule has 0 radical (unpaired) electrons. The van der Waals surface area contributed by atoms with Crippen molar-refractivity contribution < 1.29 is 4.79 Å². The predicted octanol–water partition coefficient (Wildman–Crippen LogP) is 3.41. The van der Waals surface area contributed by atoms with Crippen molar-refractivity contribution in [1.29, 1.82) is 0 Å². The van der Waals surface area contributed by atoms with Crippen LogP contribution in [0.2, 0.25) is 5.02 Å². The first kappa shape index (κ1) is 22.0. The van der Waals surface area contributed by atoms with E-state index in [9.17, 15) is 4.79 Å². The number of halogens is 2. The predicted molar refractivity (Wildman–Crippen MR) is 115 cm³/mol. The van der Waals surface area contributed by atoms with Crippen LogP contribution in [0.3, 0.4) is 0 Å². The number of carbonyl (C=O) groups excluding carboxylic acids is 1. The van der Waals surface area contributed by atoms with E-state index in [1.807, 2.05) is 36.2 Å². The lowest BCUT2D eigenvalue weighted by Gasteiger charge is -2.24. The van der Waals surface area contributed by atoms with E-state index in [0.717, 1.165) is 23.4 Å². The summed E-state index contributed by atoms with van der Waals surface area (Å²) >= 11 is 6.02. The van der Waals surface area contributed by atoms with Crippen molar-refractivity contribution in [2.75, 3.05) is 20.6 Å². The zero-order valence-corrected chi connectivity index (χ0v) is 18.0. The summed E-state index contributed by atoms with van der Waals surface area (Å²) in [4.78, 5) is 18.3. The summed E-state index contributed by atoms with van der Waals surface area (Å²) in [6, 6.07) is 8.07. The third kappa shape index (κ3) is 7.81. The van der Waals surface area contributed by atoms with Crippen LogP contribution < -0.4 is 10.6 Å². The van der Waals surface area contributed by atoms with Crippen LogP contribution in [0.15, 0.2) is 29.3 Å². The first-order valence-corrected chi connectivity index (χ1v) is 8.92. The van der Waals surface area contributed by atoms with Gasteiger partial charge in [-0.15, -0.1) is 24.0 Å². The van der Waals surface area contributed by atoms with Crippen LogP contribution >= 0.6 is 35.6 Å². The molecule has 0 aromatic heterocycles. The second-order valence-electron chi connectivity index (χ2n) is 6.29. The molecule has 0 aliphatic heterocycles. The average molecular weight is 479 g/mol. The molecule has 0 saturated heterocycles. The Kier molecular flexibility index (Phi) is 10.2. The minimum Gasteiger partial charge on any atom is -0.352 e. The zero-order chi connectivity index (χ0) is 17.4. The molecule has 0 atom stereocenters. The van der Waals surface area contributed by atoms with Crippen molar-refractivity contribution in [1.82, 2.24) is 15.5 Å². The maximum Gasteiger partial charge on any atom is 0.239 e. The van der Waals surface area contributed by atoms with Gasteiger partial charge in [0.25, 0.3) is 0 Å². The van der Waals surface area contributed by atoms with E-state index in [4.69, 9.17) is 11.6 Å². The Labute approximate surface area is 172 Å². The maximum absolute atomic E-state index is 12.1. The van der Waals surface area contributed by atoms with Crippen LogP contribution in [0.25, 0.3) is 0 Å². The van der Waals surface area contributed by atoms with Crippen molar-refractivity contribution in [3.63, 3.8) is 0 Å². The van der Waals surface area contributed by atoms with Gasteiger partial charge in [-0.25, -0.2) is 0 Å². The van der Waals surface area contributed by atoms with Gasteiger partial charge in [0.1, 0.15) is 0 Å². The van der Waals surface area contributed by atoms with Crippen molar-refractivity contribution >= 4 is 47.4 Å². The highest BCUT2D eigenvalue weighted by Crippen LogP contribution is 2.17. The van der Waals surface area contributed by atoms with Gasteiger partial charge < -0.3 is 15.5 Å². The Morgan fingerprint density at radius 2 is 2.04 bits per heavy atom. The van der Waals surface area contributed by atoms with Gasteiger partial charge in [0, 0.05) is 31.7 Å². The van der Waals surface area contributed by atoms with Gasteiger partial charge in [-0.3, -0.25) is 9.79 Å². The highest BCUT2D eigenvalue weighted by Gasteiger charge is 2.16. The Bertz CT molecular complexity index is 576. The van der Waals surface area contributed by atoms with Crippen molar-refractivity contribution in [3.8, 4) is 0 Å². The van der Waals surface area contributed by atoms with Crippen LogP contribution in [-0.4, -0.2) is 43.4 Å². The third-order valence-corrected chi connectivity index (χ3v) is 4.49. The van der Waals surface area contributed by atoms with Gasteiger partial charge in [0.15, 0.2) is 5.96 Å². The molecule has 2 N–H and O–H groups in total. The SMILES string of the molecule is CN=C(NCC(=O)NC1CCCCC1)N(C)Cc1cccc(Cl)c1.I. The fourth-order valence-corrected chi connectivity index (χ4v) is 3.27. The monoisotopic (exact) mass is 478 g/mol. The Hall–Kier alpha value is -1.02. The average Bonchev–Trinajstić information content (AvgIpc) is 2.56. The van der Waals surface area contributed by atoms with Gasteiger partial charge >= 0.3 is 0 Å². The molecular weight excluding hydrogens is 451 g/mol. The molecular formula is C18H28ClIN4O. The summed E-state index contributed by atoms with van der Waals surface area (Å²) in [7, 11) is 3.66. The minimum absolute atomic E-state index is 0. The minimum atomic E-state index is 0. The van der Waals surface area contributed by atoms with Crippen molar-refractivity contribution in [2.45, 2.75) is 44.7 Å². The fourth-order valence-electron chi connectivity index (χ4n) is 3.05. The molecule has 2 rings (SSSR count). The highest BCUT2D eigenvalue weighted by atomic mass is 127. The van der Waals surface area contributed by atoms with E-state index < -0.39 is 0 Å². The molecule has 0 heterocycles. The molecule has 0 spiro atoms. The highest BCUT2D eigenvalue weighted by molar-refractivity contribution is 14.0. The first-order valence-electron chi connectivity index (χ1n) is 8.54. The number of hydrogen-bond donors (Lipinski definition) is 2. The Morgan fingerprint density at radius 3 is 2.68 bits per heavy atom. The van der Waals surface area contributed by atoms with Crippen LogP contribution in [0.4, 0.5) is 0 Å². The number of hydrogen-bond acceptors (Lipinski definition) is 2. The van der Waals surface area contributed by atoms with Gasteiger partial charge in [0.05, 0.1) is 6.54 Å². The van der Waals surface area contributed by atoms with Crippen molar-refractivity contribution in [3.05, 3.63) is 34.9 Å². The molecule has 1 aliphatic rings. The quantitative estimate of drug-likeness (QED) is 0.387. The molecule has 1 fully saturated rings. The second kappa shape index (κ2) is 11.6. The number of benzene rings is 1. The number of guanidine groups is 1. The lowest BCUT2D eigenvalue weighted by Crippen LogP contribution is -2.46. The standard InChI is InChI=1S/C18H27ClN4O.HI/c1-20-18(23(2)13-14-7-6-8-15(19)11-14)21-12-17(24)22-16-9-4-3-5-10-16;/h6-8,11,16H,3-5,9-10,12-13H2,1-2H3,(H,20,21)(H,22,24);1H. The normalized spacial score (nSPS) is 15.2. The number of nitrogens with one attached hydrogen (secondary N) is 2. The molecule has 1 aliphatic carbocycles.